The zero-order chi connectivity index (χ0) is 17.5. The second-order valence-electron chi connectivity index (χ2n) is 5.34. The summed E-state index contributed by atoms with van der Waals surface area (Å²) in [5.74, 6) is -0.601. The van der Waals surface area contributed by atoms with E-state index in [2.05, 4.69) is 16.6 Å². The number of cyclic esters (lactones) is 1. The maximum Gasteiger partial charge on any atom is 0.418 e. The molecule has 0 bridgehead atoms. The van der Waals surface area contributed by atoms with Crippen molar-refractivity contribution < 1.29 is 23.9 Å². The van der Waals surface area contributed by atoms with E-state index >= 15 is 0 Å². The molecule has 2 rings (SSSR count). The Balaban J connectivity index is 2.08. The number of imide groups is 1. The van der Waals surface area contributed by atoms with Crippen LogP contribution in [0, 0.1) is 0 Å². The molecule has 1 fully saturated rings. The van der Waals surface area contributed by atoms with Crippen molar-refractivity contribution >= 4 is 18.1 Å². The zero-order valence-electron chi connectivity index (χ0n) is 13.4. The van der Waals surface area contributed by atoms with Gasteiger partial charge in [-0.1, -0.05) is 36.4 Å². The SMILES string of the molecule is C=CC[C@@H](NC(=O)N1C(=O)OC[C@@H]1Cc1ccccc1)C(=O)OC. The summed E-state index contributed by atoms with van der Waals surface area (Å²) < 4.78 is 9.63. The molecule has 1 N–H and O–H groups in total. The van der Waals surface area contributed by atoms with Gasteiger partial charge in [0.05, 0.1) is 13.2 Å². The summed E-state index contributed by atoms with van der Waals surface area (Å²) in [7, 11) is 1.23. The maximum absolute atomic E-state index is 12.4. The van der Waals surface area contributed by atoms with Gasteiger partial charge in [0.2, 0.25) is 0 Å². The van der Waals surface area contributed by atoms with Crippen molar-refractivity contribution in [1.82, 2.24) is 10.2 Å². The summed E-state index contributed by atoms with van der Waals surface area (Å²) in [6.45, 7) is 3.66. The van der Waals surface area contributed by atoms with Gasteiger partial charge in [-0.25, -0.2) is 19.3 Å². The molecular formula is C17H20N2O5. The lowest BCUT2D eigenvalue weighted by Crippen LogP contribution is -2.51. The number of ether oxygens (including phenoxy) is 2. The number of rotatable bonds is 6. The summed E-state index contributed by atoms with van der Waals surface area (Å²) in [6, 6.07) is 7.47. The molecule has 0 spiro atoms. The van der Waals surface area contributed by atoms with E-state index < -0.39 is 30.2 Å². The van der Waals surface area contributed by atoms with E-state index in [4.69, 9.17) is 4.74 Å². The number of methoxy groups -OCH3 is 1. The topological polar surface area (TPSA) is 84.9 Å². The van der Waals surface area contributed by atoms with Crippen molar-refractivity contribution in [2.24, 2.45) is 0 Å². The van der Waals surface area contributed by atoms with Gasteiger partial charge >= 0.3 is 18.1 Å². The van der Waals surface area contributed by atoms with Crippen LogP contribution in [0.25, 0.3) is 0 Å². The number of nitrogens with zero attached hydrogens (tertiary/aromatic N) is 1. The van der Waals surface area contributed by atoms with Gasteiger partial charge in [-0.3, -0.25) is 0 Å². The fraction of sp³-hybridized carbons (Fsp3) is 0.353. The summed E-state index contributed by atoms with van der Waals surface area (Å²) in [6.07, 6.45) is 1.44. The second kappa shape index (κ2) is 8.14. The largest absolute Gasteiger partial charge is 0.467 e. The molecule has 0 radical (unpaired) electrons. The number of carbonyl (C=O) groups is 3. The number of nitrogens with one attached hydrogen (secondary N) is 1. The number of esters is 1. The minimum Gasteiger partial charge on any atom is -0.467 e. The normalized spacial score (nSPS) is 17.8. The van der Waals surface area contributed by atoms with Crippen molar-refractivity contribution in [1.29, 1.82) is 0 Å². The van der Waals surface area contributed by atoms with Gasteiger partial charge in [-0.15, -0.1) is 6.58 Å². The Bertz CT molecular complexity index is 617. The highest BCUT2D eigenvalue weighted by atomic mass is 16.6. The predicted molar refractivity (Wildman–Crippen MR) is 86.3 cm³/mol. The number of hydrogen-bond donors (Lipinski definition) is 1. The van der Waals surface area contributed by atoms with E-state index in [1.807, 2.05) is 30.3 Å². The monoisotopic (exact) mass is 332 g/mol. The Labute approximate surface area is 140 Å². The zero-order valence-corrected chi connectivity index (χ0v) is 13.4. The maximum atomic E-state index is 12.4. The van der Waals surface area contributed by atoms with Crippen LogP contribution in [0.3, 0.4) is 0 Å². The fourth-order valence-electron chi connectivity index (χ4n) is 2.49. The molecule has 1 aliphatic heterocycles. The molecule has 2 atom stereocenters. The lowest BCUT2D eigenvalue weighted by molar-refractivity contribution is -0.142. The standard InChI is InChI=1S/C17H20N2O5/c1-3-7-14(15(20)23-2)18-16(21)19-13(11-24-17(19)22)10-12-8-5-4-6-9-12/h3-6,8-9,13-14H,1,7,10-11H2,2H3,(H,18,21)/t13-,14+/m0/s1. The number of carbonyl (C=O) groups excluding carboxylic acids is 3. The van der Waals surface area contributed by atoms with Crippen molar-refractivity contribution in [3.63, 3.8) is 0 Å². The summed E-state index contributed by atoms with van der Waals surface area (Å²) >= 11 is 0. The van der Waals surface area contributed by atoms with Crippen LogP contribution in [0.2, 0.25) is 0 Å². The Morgan fingerprint density at radius 1 is 1.46 bits per heavy atom. The van der Waals surface area contributed by atoms with E-state index in [0.717, 1.165) is 10.5 Å². The summed E-state index contributed by atoms with van der Waals surface area (Å²) in [4.78, 5) is 37.0. The van der Waals surface area contributed by atoms with Crippen molar-refractivity contribution in [2.45, 2.75) is 24.9 Å². The summed E-state index contributed by atoms with van der Waals surface area (Å²) in [5, 5.41) is 2.50. The van der Waals surface area contributed by atoms with Crippen molar-refractivity contribution in [2.75, 3.05) is 13.7 Å². The molecule has 0 unspecified atom stereocenters. The van der Waals surface area contributed by atoms with Gasteiger partial charge < -0.3 is 14.8 Å². The first-order valence-electron chi connectivity index (χ1n) is 7.56. The van der Waals surface area contributed by atoms with Crippen LogP contribution in [-0.4, -0.2) is 48.8 Å². The van der Waals surface area contributed by atoms with Crippen LogP contribution in [0.5, 0.6) is 0 Å². The average Bonchev–Trinajstić information content (AvgIpc) is 2.95. The number of benzene rings is 1. The molecule has 1 aliphatic rings. The minimum atomic E-state index is -0.897. The Morgan fingerprint density at radius 2 is 2.17 bits per heavy atom. The second-order valence-corrected chi connectivity index (χ2v) is 5.34. The fourth-order valence-corrected chi connectivity index (χ4v) is 2.49. The first kappa shape index (κ1) is 17.5. The molecule has 24 heavy (non-hydrogen) atoms. The minimum absolute atomic E-state index is 0.117. The molecule has 7 nitrogen and oxygen atoms in total. The Hall–Kier alpha value is -2.83. The molecule has 0 aliphatic carbocycles. The van der Waals surface area contributed by atoms with Crippen molar-refractivity contribution in [3.8, 4) is 0 Å². The van der Waals surface area contributed by atoms with Crippen LogP contribution in [0.4, 0.5) is 9.59 Å². The molecule has 0 saturated carbocycles. The quantitative estimate of drug-likeness (QED) is 0.635. The molecule has 1 saturated heterocycles. The molecule has 3 amide bonds. The highest BCUT2D eigenvalue weighted by Gasteiger charge is 2.39. The van der Waals surface area contributed by atoms with Crippen LogP contribution >= 0.6 is 0 Å². The number of amides is 3. The van der Waals surface area contributed by atoms with Gasteiger partial charge in [0, 0.05) is 0 Å². The molecule has 128 valence electrons. The molecule has 1 aromatic carbocycles. The lowest BCUT2D eigenvalue weighted by atomic mass is 10.1. The third-order valence-electron chi connectivity index (χ3n) is 3.68. The highest BCUT2D eigenvalue weighted by molar-refractivity contribution is 5.94. The van der Waals surface area contributed by atoms with Crippen LogP contribution in [0.15, 0.2) is 43.0 Å². The van der Waals surface area contributed by atoms with Crippen LogP contribution in [0.1, 0.15) is 12.0 Å². The Kier molecular flexibility index (Phi) is 5.95. The van der Waals surface area contributed by atoms with Gasteiger partial charge in [0.15, 0.2) is 0 Å². The average molecular weight is 332 g/mol. The van der Waals surface area contributed by atoms with Crippen molar-refractivity contribution in [3.05, 3.63) is 48.6 Å². The van der Waals surface area contributed by atoms with Gasteiger partial charge in [-0.2, -0.15) is 0 Å². The highest BCUT2D eigenvalue weighted by Crippen LogP contribution is 2.17. The predicted octanol–water partition coefficient (Wildman–Crippen LogP) is 1.88. The molecule has 1 aromatic rings. The molecule has 0 aromatic heterocycles. The van der Waals surface area contributed by atoms with Gasteiger partial charge in [0.25, 0.3) is 0 Å². The molecular weight excluding hydrogens is 312 g/mol. The van der Waals surface area contributed by atoms with E-state index in [1.165, 1.54) is 13.2 Å². The first-order valence-corrected chi connectivity index (χ1v) is 7.56. The molecule has 1 heterocycles. The number of urea groups is 1. The smallest absolute Gasteiger partial charge is 0.418 e. The third kappa shape index (κ3) is 4.13. The van der Waals surface area contributed by atoms with E-state index in [0.29, 0.717) is 6.42 Å². The van der Waals surface area contributed by atoms with Gasteiger partial charge in [-0.05, 0) is 18.4 Å². The van der Waals surface area contributed by atoms with E-state index in [-0.39, 0.29) is 13.0 Å². The summed E-state index contributed by atoms with van der Waals surface area (Å²) in [5.41, 5.74) is 0.981. The van der Waals surface area contributed by atoms with E-state index in [1.54, 1.807) is 0 Å². The lowest BCUT2D eigenvalue weighted by Gasteiger charge is -2.22. The van der Waals surface area contributed by atoms with E-state index in [9.17, 15) is 14.4 Å². The number of hydrogen-bond acceptors (Lipinski definition) is 5. The molecule has 7 heteroatoms. The van der Waals surface area contributed by atoms with Crippen LogP contribution < -0.4 is 5.32 Å². The Morgan fingerprint density at radius 3 is 2.79 bits per heavy atom. The first-order chi connectivity index (χ1) is 11.6. The van der Waals surface area contributed by atoms with Gasteiger partial charge in [0.1, 0.15) is 12.6 Å². The van der Waals surface area contributed by atoms with Crippen LogP contribution in [-0.2, 0) is 20.7 Å². The third-order valence-corrected chi connectivity index (χ3v) is 3.68.